The number of carbonyl (C=O) groups excluding carboxylic acids is 1. The molecule has 1 aliphatic rings. The first-order valence-electron chi connectivity index (χ1n) is 10.3. The van der Waals surface area contributed by atoms with Crippen molar-refractivity contribution in [2.24, 2.45) is 0 Å². The zero-order chi connectivity index (χ0) is 21.0. The van der Waals surface area contributed by atoms with E-state index < -0.39 is 5.97 Å². The standard InChI is InChI=1S/C22H34N2O4/c1-6-23(13-20(25)26)17-7-9-24(10-8-17)22(28)19-12-16(14(2)3)11-18(15(4)5)21(19)27/h11-12,14-15,17,27H,6-10,13H2,1-5H3,(H,25,26). The van der Waals surface area contributed by atoms with Crippen LogP contribution in [0.3, 0.4) is 0 Å². The van der Waals surface area contributed by atoms with Gasteiger partial charge in [-0.15, -0.1) is 0 Å². The topological polar surface area (TPSA) is 81.1 Å². The van der Waals surface area contributed by atoms with Gasteiger partial charge in [0.15, 0.2) is 0 Å². The van der Waals surface area contributed by atoms with Crippen molar-refractivity contribution < 1.29 is 19.8 Å². The first-order chi connectivity index (χ1) is 13.1. The monoisotopic (exact) mass is 390 g/mol. The van der Waals surface area contributed by atoms with E-state index in [1.165, 1.54) is 0 Å². The van der Waals surface area contributed by atoms with E-state index in [0.717, 1.165) is 24.0 Å². The second-order valence-corrected chi connectivity index (χ2v) is 8.30. The van der Waals surface area contributed by atoms with Crippen LogP contribution in [0.4, 0.5) is 0 Å². The number of amides is 1. The molecule has 2 N–H and O–H groups in total. The van der Waals surface area contributed by atoms with Gasteiger partial charge in [0, 0.05) is 19.1 Å². The van der Waals surface area contributed by atoms with Gasteiger partial charge >= 0.3 is 5.97 Å². The maximum atomic E-state index is 13.2. The summed E-state index contributed by atoms with van der Waals surface area (Å²) in [5.74, 6) is -0.471. The van der Waals surface area contributed by atoms with Gasteiger partial charge in [0.1, 0.15) is 5.75 Å². The minimum absolute atomic E-state index is 0.0318. The van der Waals surface area contributed by atoms with Crippen LogP contribution in [0, 0.1) is 0 Å². The molecule has 0 atom stereocenters. The van der Waals surface area contributed by atoms with E-state index in [9.17, 15) is 14.7 Å². The second kappa shape index (κ2) is 9.41. The Morgan fingerprint density at radius 3 is 2.21 bits per heavy atom. The van der Waals surface area contributed by atoms with Crippen LogP contribution in [0.15, 0.2) is 12.1 Å². The molecule has 156 valence electrons. The summed E-state index contributed by atoms with van der Waals surface area (Å²) in [6, 6.07) is 3.99. The Balaban J connectivity index is 2.18. The first kappa shape index (κ1) is 22.2. The van der Waals surface area contributed by atoms with Crippen molar-refractivity contribution >= 4 is 11.9 Å². The molecule has 0 saturated carbocycles. The van der Waals surface area contributed by atoms with Gasteiger partial charge in [-0.1, -0.05) is 40.7 Å². The fourth-order valence-corrected chi connectivity index (χ4v) is 3.89. The van der Waals surface area contributed by atoms with Crippen LogP contribution in [0.2, 0.25) is 0 Å². The predicted octanol–water partition coefficient (Wildman–Crippen LogP) is 3.65. The van der Waals surface area contributed by atoms with Gasteiger partial charge in [0.2, 0.25) is 0 Å². The summed E-state index contributed by atoms with van der Waals surface area (Å²) in [5, 5.41) is 19.8. The number of likely N-dealkylation sites (tertiary alicyclic amines) is 1. The van der Waals surface area contributed by atoms with E-state index in [1.54, 1.807) is 4.90 Å². The van der Waals surface area contributed by atoms with Gasteiger partial charge in [0.05, 0.1) is 12.1 Å². The molecule has 1 aromatic rings. The van der Waals surface area contributed by atoms with Crippen molar-refractivity contribution in [2.75, 3.05) is 26.2 Å². The number of aromatic hydroxyl groups is 1. The SMILES string of the molecule is CCN(CC(=O)O)C1CCN(C(=O)c2cc(C(C)C)cc(C(C)C)c2O)CC1. The molecular formula is C22H34N2O4. The fourth-order valence-electron chi connectivity index (χ4n) is 3.89. The third-order valence-electron chi connectivity index (χ3n) is 5.69. The second-order valence-electron chi connectivity index (χ2n) is 8.30. The number of carbonyl (C=O) groups is 2. The van der Waals surface area contributed by atoms with E-state index in [2.05, 4.69) is 13.8 Å². The number of hydrogen-bond donors (Lipinski definition) is 2. The summed E-state index contributed by atoms with van der Waals surface area (Å²) in [6.45, 7) is 12.0. The van der Waals surface area contributed by atoms with Gasteiger partial charge < -0.3 is 15.1 Å². The van der Waals surface area contributed by atoms with Gasteiger partial charge in [0.25, 0.3) is 5.91 Å². The van der Waals surface area contributed by atoms with Crippen LogP contribution in [0.25, 0.3) is 0 Å². The highest BCUT2D eigenvalue weighted by atomic mass is 16.4. The molecule has 0 radical (unpaired) electrons. The summed E-state index contributed by atoms with van der Waals surface area (Å²) in [7, 11) is 0. The number of piperidine rings is 1. The molecule has 2 rings (SSSR count). The first-order valence-corrected chi connectivity index (χ1v) is 10.3. The number of aliphatic carboxylic acids is 1. The molecule has 0 spiro atoms. The molecule has 1 aromatic carbocycles. The lowest BCUT2D eigenvalue weighted by Crippen LogP contribution is -2.48. The Labute approximate surface area is 168 Å². The number of carboxylic acid groups (broad SMARTS) is 1. The number of phenols is 1. The highest BCUT2D eigenvalue weighted by Gasteiger charge is 2.29. The van der Waals surface area contributed by atoms with Crippen molar-refractivity contribution in [1.82, 2.24) is 9.80 Å². The van der Waals surface area contributed by atoms with Gasteiger partial charge in [-0.05, 0) is 48.4 Å². The maximum Gasteiger partial charge on any atom is 0.317 e. The van der Waals surface area contributed by atoms with Gasteiger partial charge in [-0.2, -0.15) is 0 Å². The normalized spacial score (nSPS) is 15.6. The quantitative estimate of drug-likeness (QED) is 0.743. The third kappa shape index (κ3) is 5.04. The molecule has 0 bridgehead atoms. The molecular weight excluding hydrogens is 356 g/mol. The molecule has 6 nitrogen and oxygen atoms in total. The number of carboxylic acids is 1. The van der Waals surface area contributed by atoms with Crippen molar-refractivity contribution in [3.63, 3.8) is 0 Å². The lowest BCUT2D eigenvalue weighted by Gasteiger charge is -2.37. The Kier molecular flexibility index (Phi) is 7.47. The number of phenolic OH excluding ortho intramolecular Hbond substituents is 1. The molecule has 1 heterocycles. The molecule has 0 aliphatic carbocycles. The smallest absolute Gasteiger partial charge is 0.317 e. The minimum Gasteiger partial charge on any atom is -0.507 e. The van der Waals surface area contributed by atoms with Crippen LogP contribution in [-0.2, 0) is 4.79 Å². The van der Waals surface area contributed by atoms with E-state index in [0.29, 0.717) is 25.2 Å². The molecule has 0 aromatic heterocycles. The Hall–Kier alpha value is -2.08. The van der Waals surface area contributed by atoms with Crippen molar-refractivity contribution in [3.05, 3.63) is 28.8 Å². The van der Waals surface area contributed by atoms with Crippen LogP contribution >= 0.6 is 0 Å². The average molecular weight is 391 g/mol. The lowest BCUT2D eigenvalue weighted by molar-refractivity contribution is -0.139. The van der Waals surface area contributed by atoms with Gasteiger partial charge in [-0.25, -0.2) is 0 Å². The van der Waals surface area contributed by atoms with E-state index in [4.69, 9.17) is 5.11 Å². The maximum absolute atomic E-state index is 13.2. The molecule has 1 saturated heterocycles. The molecule has 1 aliphatic heterocycles. The third-order valence-corrected chi connectivity index (χ3v) is 5.69. The summed E-state index contributed by atoms with van der Waals surface area (Å²) in [6.07, 6.45) is 1.49. The largest absolute Gasteiger partial charge is 0.507 e. The fraction of sp³-hybridized carbons (Fsp3) is 0.636. The minimum atomic E-state index is -0.822. The van der Waals surface area contributed by atoms with E-state index in [1.807, 2.05) is 37.8 Å². The van der Waals surface area contributed by atoms with E-state index >= 15 is 0 Å². The summed E-state index contributed by atoms with van der Waals surface area (Å²) in [4.78, 5) is 27.9. The molecule has 1 amide bonds. The predicted molar refractivity (Wildman–Crippen MR) is 110 cm³/mol. The van der Waals surface area contributed by atoms with Crippen LogP contribution in [-0.4, -0.2) is 64.1 Å². The molecule has 6 heteroatoms. The van der Waals surface area contributed by atoms with Crippen molar-refractivity contribution in [2.45, 2.75) is 65.3 Å². The van der Waals surface area contributed by atoms with Crippen LogP contribution in [0.1, 0.15) is 80.8 Å². The number of benzene rings is 1. The zero-order valence-corrected chi connectivity index (χ0v) is 17.7. The van der Waals surface area contributed by atoms with Gasteiger partial charge in [-0.3, -0.25) is 14.5 Å². The average Bonchev–Trinajstić information content (AvgIpc) is 2.65. The number of nitrogens with zero attached hydrogens (tertiary/aromatic N) is 2. The van der Waals surface area contributed by atoms with Crippen molar-refractivity contribution in [3.8, 4) is 5.75 Å². The number of hydrogen-bond acceptors (Lipinski definition) is 4. The summed E-state index contributed by atoms with van der Waals surface area (Å²) in [5.41, 5.74) is 2.24. The number of likely N-dealkylation sites (N-methyl/N-ethyl adjacent to an activating group) is 1. The number of rotatable bonds is 7. The Morgan fingerprint density at radius 2 is 1.75 bits per heavy atom. The lowest BCUT2D eigenvalue weighted by atomic mass is 9.91. The molecule has 28 heavy (non-hydrogen) atoms. The highest BCUT2D eigenvalue weighted by Crippen LogP contribution is 2.34. The van der Waals surface area contributed by atoms with E-state index in [-0.39, 0.29) is 36.1 Å². The van der Waals surface area contributed by atoms with Crippen LogP contribution in [0.5, 0.6) is 5.75 Å². The Bertz CT molecular complexity index is 707. The highest BCUT2D eigenvalue weighted by molar-refractivity contribution is 5.97. The van der Waals surface area contributed by atoms with Crippen molar-refractivity contribution in [1.29, 1.82) is 0 Å². The van der Waals surface area contributed by atoms with Crippen LogP contribution < -0.4 is 0 Å². The molecule has 1 fully saturated rings. The molecule has 0 unspecified atom stereocenters. The zero-order valence-electron chi connectivity index (χ0n) is 17.7. The summed E-state index contributed by atoms with van der Waals surface area (Å²) < 4.78 is 0. The Morgan fingerprint density at radius 1 is 1.14 bits per heavy atom. The summed E-state index contributed by atoms with van der Waals surface area (Å²) >= 11 is 0.